The van der Waals surface area contributed by atoms with Crippen LogP contribution >= 0.6 is 0 Å². The Hall–Kier alpha value is -5.70. The van der Waals surface area contributed by atoms with Crippen molar-refractivity contribution in [1.82, 2.24) is 30.1 Å². The molecule has 0 radical (unpaired) electrons. The summed E-state index contributed by atoms with van der Waals surface area (Å²) in [6, 6.07) is 25.1. The van der Waals surface area contributed by atoms with E-state index in [1.807, 2.05) is 42.5 Å². The molecular weight excluding hydrogens is 505 g/mol. The van der Waals surface area contributed by atoms with Crippen LogP contribution in [-0.4, -0.2) is 36.0 Å². The maximum absolute atomic E-state index is 14.6. The number of aromatic nitrogens is 6. The lowest BCUT2D eigenvalue weighted by atomic mass is 10.0. The van der Waals surface area contributed by atoms with E-state index in [-0.39, 0.29) is 11.7 Å². The van der Waals surface area contributed by atoms with Crippen LogP contribution in [-0.2, 0) is 0 Å². The first kappa shape index (κ1) is 23.4. The van der Waals surface area contributed by atoms with Gasteiger partial charge in [0.05, 0.1) is 22.9 Å². The van der Waals surface area contributed by atoms with Gasteiger partial charge in [0.2, 0.25) is 0 Å². The fraction of sp³-hybridized carbons (Fsp3) is 0. The highest BCUT2D eigenvalue weighted by atomic mass is 19.1. The largest absolute Gasteiger partial charge is 0.336 e. The third kappa shape index (κ3) is 4.15. The lowest BCUT2D eigenvalue weighted by Crippen LogP contribution is -2.11. The van der Waals surface area contributed by atoms with Gasteiger partial charge in [0.25, 0.3) is 5.91 Å². The van der Waals surface area contributed by atoms with E-state index in [9.17, 15) is 9.18 Å². The second-order valence-electron chi connectivity index (χ2n) is 9.24. The van der Waals surface area contributed by atoms with Crippen molar-refractivity contribution in [1.29, 1.82) is 0 Å². The molecular formula is C31H20FN7O. The number of hydrogen-bond donors (Lipinski definition) is 3. The highest BCUT2D eigenvalue weighted by Crippen LogP contribution is 2.33. The van der Waals surface area contributed by atoms with Crippen LogP contribution in [0.1, 0.15) is 10.4 Å². The monoisotopic (exact) mass is 525 g/mol. The van der Waals surface area contributed by atoms with Crippen molar-refractivity contribution in [2.45, 2.75) is 0 Å². The van der Waals surface area contributed by atoms with E-state index in [0.29, 0.717) is 39.5 Å². The van der Waals surface area contributed by atoms with Crippen molar-refractivity contribution < 1.29 is 9.18 Å². The number of hydrogen-bond acceptors (Lipinski definition) is 5. The first-order valence-electron chi connectivity index (χ1n) is 12.5. The molecule has 0 atom stereocenters. The van der Waals surface area contributed by atoms with Crippen molar-refractivity contribution >= 4 is 33.5 Å². The number of rotatable bonds is 5. The summed E-state index contributed by atoms with van der Waals surface area (Å²) in [5, 5.41) is 11.3. The Kier molecular flexibility index (Phi) is 5.59. The van der Waals surface area contributed by atoms with Crippen molar-refractivity contribution in [2.24, 2.45) is 0 Å². The maximum Gasteiger partial charge on any atom is 0.255 e. The number of anilines is 1. The van der Waals surface area contributed by atoms with E-state index in [0.717, 1.165) is 27.5 Å². The van der Waals surface area contributed by atoms with Gasteiger partial charge >= 0.3 is 0 Å². The topological polar surface area (TPSA) is 112 Å². The third-order valence-electron chi connectivity index (χ3n) is 6.68. The second kappa shape index (κ2) is 9.55. The minimum atomic E-state index is -0.363. The number of benzene rings is 3. The Morgan fingerprint density at radius 3 is 2.55 bits per heavy atom. The molecule has 1 amide bonds. The predicted molar refractivity (Wildman–Crippen MR) is 152 cm³/mol. The Labute approximate surface area is 227 Å². The normalized spacial score (nSPS) is 11.2. The number of aromatic amines is 2. The van der Waals surface area contributed by atoms with Crippen LogP contribution in [0.4, 0.5) is 10.1 Å². The summed E-state index contributed by atoms with van der Waals surface area (Å²) in [5.74, 6) is -0.0371. The van der Waals surface area contributed by atoms with E-state index < -0.39 is 0 Å². The number of pyridine rings is 2. The van der Waals surface area contributed by atoms with Crippen LogP contribution in [0, 0.1) is 5.82 Å². The summed E-state index contributed by atoms with van der Waals surface area (Å²) in [7, 11) is 0. The first-order valence-corrected chi connectivity index (χ1v) is 12.5. The Morgan fingerprint density at radius 2 is 1.68 bits per heavy atom. The Balaban J connectivity index is 1.26. The molecule has 192 valence electrons. The van der Waals surface area contributed by atoms with Crippen LogP contribution in [0.5, 0.6) is 0 Å². The third-order valence-corrected chi connectivity index (χ3v) is 6.68. The summed E-state index contributed by atoms with van der Waals surface area (Å²) in [4.78, 5) is 29.5. The van der Waals surface area contributed by atoms with Gasteiger partial charge in [-0.3, -0.25) is 19.9 Å². The molecule has 40 heavy (non-hydrogen) atoms. The van der Waals surface area contributed by atoms with Crippen LogP contribution in [0.15, 0.2) is 104 Å². The maximum atomic E-state index is 14.6. The van der Waals surface area contributed by atoms with Crippen LogP contribution in [0.25, 0.3) is 55.8 Å². The molecule has 3 N–H and O–H groups in total. The predicted octanol–water partition coefficient (Wildman–Crippen LogP) is 6.62. The number of nitrogens with one attached hydrogen (secondary N) is 3. The molecule has 7 rings (SSSR count). The van der Waals surface area contributed by atoms with Crippen molar-refractivity contribution in [3.05, 3.63) is 115 Å². The van der Waals surface area contributed by atoms with E-state index >= 15 is 0 Å². The summed E-state index contributed by atoms with van der Waals surface area (Å²) in [5.41, 5.74) is 6.44. The average Bonchev–Trinajstić information content (AvgIpc) is 3.62. The van der Waals surface area contributed by atoms with Gasteiger partial charge in [0.15, 0.2) is 5.82 Å². The highest BCUT2D eigenvalue weighted by molar-refractivity contribution is 6.04. The molecule has 3 aromatic carbocycles. The summed E-state index contributed by atoms with van der Waals surface area (Å²) < 4.78 is 14.6. The summed E-state index contributed by atoms with van der Waals surface area (Å²) in [6.45, 7) is 0. The standard InChI is InChI=1S/C31H20FN7O/c32-24-9-5-4-8-22(24)27-29-26(12-13-34-27)36-30(37-29)28-23-15-19(10-11-25(23)38-39-28)20-14-21(17-33-16-20)35-31(40)18-6-2-1-3-7-18/h1-17H,(H,35,40)(H,36,37)(H,38,39). The Bertz CT molecular complexity index is 2030. The minimum absolute atomic E-state index is 0.207. The second-order valence-corrected chi connectivity index (χ2v) is 9.24. The zero-order valence-electron chi connectivity index (χ0n) is 20.9. The van der Waals surface area contributed by atoms with Gasteiger partial charge < -0.3 is 10.3 Å². The number of fused-ring (bicyclic) bond motifs is 2. The molecule has 0 aliphatic heterocycles. The smallest absolute Gasteiger partial charge is 0.255 e. The molecule has 9 heteroatoms. The number of nitrogens with zero attached hydrogens (tertiary/aromatic N) is 4. The molecule has 0 spiro atoms. The van der Waals surface area contributed by atoms with Gasteiger partial charge in [0.1, 0.15) is 22.7 Å². The average molecular weight is 526 g/mol. The lowest BCUT2D eigenvalue weighted by Gasteiger charge is -2.08. The number of carbonyl (C=O) groups excluding carboxylic acids is 1. The summed E-state index contributed by atoms with van der Waals surface area (Å²) in [6.07, 6.45) is 4.98. The quantitative estimate of drug-likeness (QED) is 0.234. The fourth-order valence-electron chi connectivity index (χ4n) is 4.73. The molecule has 0 aliphatic carbocycles. The van der Waals surface area contributed by atoms with Gasteiger partial charge in [-0.1, -0.05) is 36.4 Å². The fourth-order valence-corrected chi connectivity index (χ4v) is 4.73. The van der Waals surface area contributed by atoms with Crippen molar-refractivity contribution in [2.75, 3.05) is 5.32 Å². The molecule has 4 aromatic heterocycles. The molecule has 0 saturated carbocycles. The Morgan fingerprint density at radius 1 is 0.825 bits per heavy atom. The van der Waals surface area contributed by atoms with E-state index in [4.69, 9.17) is 4.98 Å². The minimum Gasteiger partial charge on any atom is -0.336 e. The van der Waals surface area contributed by atoms with E-state index in [1.54, 1.807) is 55.0 Å². The molecule has 4 heterocycles. The SMILES string of the molecule is O=C(Nc1cncc(-c2ccc3[nH]nc(-c4nc5c(-c6ccccc6F)nccc5[nH]4)c3c2)c1)c1ccccc1. The van der Waals surface area contributed by atoms with Gasteiger partial charge in [-0.2, -0.15) is 5.10 Å². The number of imidazole rings is 1. The van der Waals surface area contributed by atoms with Gasteiger partial charge in [-0.05, 0) is 54.1 Å². The zero-order valence-corrected chi connectivity index (χ0v) is 20.9. The zero-order chi connectivity index (χ0) is 27.1. The number of halogens is 1. The number of carbonyl (C=O) groups is 1. The van der Waals surface area contributed by atoms with Crippen molar-refractivity contribution in [3.8, 4) is 33.9 Å². The lowest BCUT2D eigenvalue weighted by molar-refractivity contribution is 0.102. The van der Waals surface area contributed by atoms with E-state index in [2.05, 4.69) is 30.5 Å². The van der Waals surface area contributed by atoms with Gasteiger partial charge in [-0.25, -0.2) is 9.37 Å². The van der Waals surface area contributed by atoms with E-state index in [1.165, 1.54) is 6.07 Å². The molecule has 0 fully saturated rings. The molecule has 0 saturated heterocycles. The highest BCUT2D eigenvalue weighted by Gasteiger charge is 2.18. The number of H-pyrrole nitrogens is 2. The molecule has 0 aliphatic rings. The summed E-state index contributed by atoms with van der Waals surface area (Å²) >= 11 is 0. The van der Waals surface area contributed by atoms with Crippen LogP contribution < -0.4 is 5.32 Å². The van der Waals surface area contributed by atoms with Crippen LogP contribution in [0.2, 0.25) is 0 Å². The number of amides is 1. The van der Waals surface area contributed by atoms with Gasteiger partial charge in [-0.15, -0.1) is 0 Å². The molecule has 0 bridgehead atoms. The van der Waals surface area contributed by atoms with Gasteiger partial charge in [0, 0.05) is 34.5 Å². The molecule has 0 unspecified atom stereocenters. The molecule has 7 aromatic rings. The molecule has 8 nitrogen and oxygen atoms in total. The van der Waals surface area contributed by atoms with Crippen LogP contribution in [0.3, 0.4) is 0 Å². The van der Waals surface area contributed by atoms with Crippen molar-refractivity contribution in [3.63, 3.8) is 0 Å². The first-order chi connectivity index (χ1) is 19.6.